The van der Waals surface area contributed by atoms with Gasteiger partial charge >= 0.3 is 0 Å². The Morgan fingerprint density at radius 2 is 1.91 bits per heavy atom. The van der Waals surface area contributed by atoms with Crippen LogP contribution in [0.3, 0.4) is 0 Å². The van der Waals surface area contributed by atoms with Crippen LogP contribution in [0.25, 0.3) is 21.9 Å². The molecule has 232 valence electrons. The topological polar surface area (TPSA) is 121 Å². The lowest BCUT2D eigenvalue weighted by Crippen LogP contribution is -2.26. The van der Waals surface area contributed by atoms with Gasteiger partial charge in [0.15, 0.2) is 0 Å². The summed E-state index contributed by atoms with van der Waals surface area (Å²) in [4.78, 5) is 35.7. The minimum Gasteiger partial charge on any atom is -0.421 e. The van der Waals surface area contributed by atoms with Gasteiger partial charge in [0.2, 0.25) is 11.8 Å². The van der Waals surface area contributed by atoms with Crippen molar-refractivity contribution < 1.29 is 23.5 Å². The number of halogens is 1. The van der Waals surface area contributed by atoms with Gasteiger partial charge in [-0.2, -0.15) is 0 Å². The lowest BCUT2D eigenvalue weighted by molar-refractivity contribution is 0.0775. The third-order valence-corrected chi connectivity index (χ3v) is 10.3. The van der Waals surface area contributed by atoms with Gasteiger partial charge in [-0.25, -0.2) is 4.39 Å². The number of aromatic nitrogens is 3. The summed E-state index contributed by atoms with van der Waals surface area (Å²) < 4.78 is 19.6. The van der Waals surface area contributed by atoms with Crippen LogP contribution in [0.15, 0.2) is 65.1 Å². The minimum absolute atomic E-state index is 0.0589. The Morgan fingerprint density at radius 1 is 1.09 bits per heavy atom. The predicted molar refractivity (Wildman–Crippen MR) is 169 cm³/mol. The molecule has 46 heavy (non-hydrogen) atoms. The van der Waals surface area contributed by atoms with Crippen molar-refractivity contribution >= 4 is 23.2 Å². The molecule has 2 aliphatic heterocycles. The Morgan fingerprint density at radius 3 is 2.72 bits per heavy atom. The fourth-order valence-electron chi connectivity index (χ4n) is 7.09. The van der Waals surface area contributed by atoms with E-state index in [2.05, 4.69) is 27.6 Å². The monoisotopic (exact) mass is 635 g/mol. The molecule has 5 heterocycles. The number of hydrogen-bond acceptors (Lipinski definition) is 8. The number of rotatable bonds is 7. The Kier molecular flexibility index (Phi) is 7.02. The van der Waals surface area contributed by atoms with Crippen molar-refractivity contribution in [2.45, 2.75) is 57.2 Å². The highest BCUT2D eigenvalue weighted by Crippen LogP contribution is 2.49. The maximum Gasteiger partial charge on any atom is 0.261 e. The molecular formula is C35H30FN5O4S. The lowest BCUT2D eigenvalue weighted by atomic mass is 9.92. The number of benzene rings is 2. The summed E-state index contributed by atoms with van der Waals surface area (Å²) in [7, 11) is 0. The van der Waals surface area contributed by atoms with Crippen LogP contribution in [0.5, 0.6) is 0 Å². The van der Waals surface area contributed by atoms with Gasteiger partial charge in [0.25, 0.3) is 11.8 Å². The molecule has 0 spiro atoms. The highest BCUT2D eigenvalue weighted by atomic mass is 32.1. The Bertz CT molecular complexity index is 2000. The third kappa shape index (κ3) is 4.81. The van der Waals surface area contributed by atoms with Crippen LogP contribution in [0, 0.1) is 12.7 Å². The van der Waals surface area contributed by atoms with Crippen molar-refractivity contribution in [1.82, 2.24) is 25.4 Å². The van der Waals surface area contributed by atoms with Crippen LogP contribution in [-0.4, -0.2) is 43.5 Å². The quantitative estimate of drug-likeness (QED) is 0.216. The number of fused-ring (bicyclic) bond motifs is 4. The average molecular weight is 636 g/mol. The summed E-state index contributed by atoms with van der Waals surface area (Å²) >= 11 is 1.29. The van der Waals surface area contributed by atoms with E-state index in [0.29, 0.717) is 55.8 Å². The molecule has 0 radical (unpaired) electrons. The molecule has 2 N–H and O–H groups in total. The first-order valence-electron chi connectivity index (χ1n) is 15.5. The number of amides is 2. The van der Waals surface area contributed by atoms with Crippen molar-refractivity contribution in [3.8, 4) is 21.9 Å². The third-order valence-electron chi connectivity index (χ3n) is 9.24. The summed E-state index contributed by atoms with van der Waals surface area (Å²) in [6, 6.07) is 17.2. The first kappa shape index (κ1) is 28.7. The van der Waals surface area contributed by atoms with E-state index in [4.69, 9.17) is 9.40 Å². The maximum absolute atomic E-state index is 14.0. The smallest absolute Gasteiger partial charge is 0.261 e. The molecule has 1 saturated heterocycles. The summed E-state index contributed by atoms with van der Waals surface area (Å²) in [5.41, 5.74) is 5.55. The number of hydrogen-bond donors (Lipinski definition) is 2. The van der Waals surface area contributed by atoms with E-state index in [1.165, 1.54) is 29.0 Å². The van der Waals surface area contributed by atoms with E-state index in [9.17, 15) is 19.1 Å². The number of thiophene rings is 1. The van der Waals surface area contributed by atoms with E-state index >= 15 is 0 Å². The van der Waals surface area contributed by atoms with Gasteiger partial charge in [-0.1, -0.05) is 36.4 Å². The van der Waals surface area contributed by atoms with Gasteiger partial charge in [0.05, 0.1) is 45.6 Å². The van der Waals surface area contributed by atoms with Crippen molar-refractivity contribution in [3.05, 3.63) is 111 Å². The van der Waals surface area contributed by atoms with Crippen molar-refractivity contribution in [3.63, 3.8) is 0 Å². The normalized spacial score (nSPS) is 18.8. The van der Waals surface area contributed by atoms with Gasteiger partial charge in [-0.05, 0) is 66.6 Å². The lowest BCUT2D eigenvalue weighted by Gasteiger charge is -2.18. The second kappa shape index (κ2) is 11.3. The van der Waals surface area contributed by atoms with Crippen LogP contribution in [-0.2, 0) is 12.8 Å². The molecule has 11 heteroatoms. The largest absolute Gasteiger partial charge is 0.421 e. The zero-order chi connectivity index (χ0) is 31.5. The van der Waals surface area contributed by atoms with Crippen LogP contribution < -0.4 is 5.32 Å². The Balaban J connectivity index is 1.24. The number of aryl methyl sites for hydroxylation is 2. The Hall–Kier alpha value is -4.74. The number of aliphatic hydroxyl groups excluding tert-OH is 1. The first-order chi connectivity index (χ1) is 22.4. The van der Waals surface area contributed by atoms with Crippen LogP contribution >= 0.6 is 11.3 Å². The summed E-state index contributed by atoms with van der Waals surface area (Å²) in [6.45, 7) is 2.31. The van der Waals surface area contributed by atoms with Gasteiger partial charge in [-0.3, -0.25) is 14.6 Å². The molecule has 2 aromatic carbocycles. The number of pyridine rings is 1. The molecule has 3 aliphatic rings. The maximum atomic E-state index is 14.0. The second-order valence-electron chi connectivity index (χ2n) is 12.1. The zero-order valence-electron chi connectivity index (χ0n) is 25.0. The molecule has 3 atom stereocenters. The van der Waals surface area contributed by atoms with Crippen LogP contribution in [0.2, 0.25) is 0 Å². The molecule has 1 aliphatic carbocycles. The fourth-order valence-corrected chi connectivity index (χ4v) is 8.06. The van der Waals surface area contributed by atoms with E-state index in [0.717, 1.165) is 31.2 Å². The van der Waals surface area contributed by atoms with E-state index in [-0.39, 0.29) is 36.2 Å². The molecule has 9 nitrogen and oxygen atoms in total. The number of aliphatic hydroxyl groups is 1. The van der Waals surface area contributed by atoms with Gasteiger partial charge in [0, 0.05) is 30.3 Å². The minimum atomic E-state index is -1.02. The number of carbonyl (C=O) groups excluding carboxylic acids is 2. The fraction of sp³-hybridized carbons (Fsp3) is 0.286. The van der Waals surface area contributed by atoms with E-state index < -0.39 is 11.9 Å². The SMILES string of the molecule is Cc1nnc(-c2c(C[C@@H](O)c3ccc(F)cc3)nc3c(c2-c2ccc(C(=O)N[C@@H]4CCc5ccccc54)s2)C(=O)N2CCC[C@@H]32)o1. The molecule has 8 rings (SSSR count). The molecule has 5 aromatic rings. The Labute approximate surface area is 268 Å². The van der Waals surface area contributed by atoms with Crippen molar-refractivity contribution in [1.29, 1.82) is 0 Å². The van der Waals surface area contributed by atoms with Gasteiger partial charge in [-0.15, -0.1) is 21.5 Å². The highest BCUT2D eigenvalue weighted by Gasteiger charge is 2.45. The molecule has 2 amide bonds. The van der Waals surface area contributed by atoms with E-state index in [1.54, 1.807) is 25.1 Å². The molecule has 0 bridgehead atoms. The molecular weight excluding hydrogens is 605 g/mol. The van der Waals surface area contributed by atoms with Crippen molar-refractivity contribution in [2.24, 2.45) is 0 Å². The van der Waals surface area contributed by atoms with E-state index in [1.807, 2.05) is 23.1 Å². The zero-order valence-corrected chi connectivity index (χ0v) is 25.8. The molecule has 0 saturated carbocycles. The molecule has 1 fully saturated rings. The van der Waals surface area contributed by atoms with Gasteiger partial charge < -0.3 is 19.7 Å². The predicted octanol–water partition coefficient (Wildman–Crippen LogP) is 6.29. The highest BCUT2D eigenvalue weighted by molar-refractivity contribution is 7.17. The molecule has 0 unspecified atom stereocenters. The summed E-state index contributed by atoms with van der Waals surface area (Å²) in [5, 5.41) is 22.9. The van der Waals surface area contributed by atoms with Gasteiger partial charge in [0.1, 0.15) is 5.82 Å². The average Bonchev–Trinajstić information content (AvgIpc) is 3.89. The standard InChI is InChI=1S/C35H30FN5O4S/c1-18-39-40-34(45-18)29-24(17-26(42)20-8-11-21(36)12-9-20)37-32-25-7-4-16-41(25)35(44)31(32)30(29)27-14-15-28(46-27)33(43)38-23-13-10-19-5-2-3-6-22(19)23/h2-3,5-6,8-9,11-12,14-15,23,25-26,42H,4,7,10,13,16-17H2,1H3,(H,38,43)/t23-,25+,26-/m1/s1. The molecule has 3 aromatic heterocycles. The van der Waals surface area contributed by atoms with Crippen LogP contribution in [0.1, 0.15) is 91.4 Å². The number of nitrogens with one attached hydrogen (secondary N) is 1. The first-order valence-corrected chi connectivity index (χ1v) is 16.3. The number of nitrogens with zero attached hydrogens (tertiary/aromatic N) is 4. The van der Waals surface area contributed by atoms with Crippen LogP contribution in [0.4, 0.5) is 4.39 Å². The summed E-state index contributed by atoms with van der Waals surface area (Å²) in [5.74, 6) is -0.194. The summed E-state index contributed by atoms with van der Waals surface area (Å²) in [6.07, 6.45) is 2.46. The number of carbonyl (C=O) groups is 2. The second-order valence-corrected chi connectivity index (χ2v) is 13.1. The van der Waals surface area contributed by atoms with Crippen molar-refractivity contribution in [2.75, 3.05) is 6.54 Å².